The normalized spacial score (nSPS) is 11.9. The molecule has 12 aromatic rings. The van der Waals surface area contributed by atoms with Crippen LogP contribution in [0.3, 0.4) is 0 Å². The zero-order chi connectivity index (χ0) is 37.5. The summed E-state index contributed by atoms with van der Waals surface area (Å²) in [6, 6.07) is 62.8. The van der Waals surface area contributed by atoms with Crippen LogP contribution >= 0.6 is 0 Å². The minimum atomic E-state index is 0.591. The molecule has 5 heteroatoms. The van der Waals surface area contributed by atoms with E-state index in [1.54, 1.807) is 0 Å². The van der Waals surface area contributed by atoms with Crippen molar-refractivity contribution in [1.82, 2.24) is 9.97 Å². The molecular weight excluding hydrogens is 701 g/mol. The highest BCUT2D eigenvalue weighted by atomic mass is 16.3. The zero-order valence-corrected chi connectivity index (χ0v) is 30.4. The fraction of sp³-hybridized carbons (Fsp3) is 0. The summed E-state index contributed by atoms with van der Waals surface area (Å²) in [5, 5.41) is 4.92. The Hall–Kier alpha value is -7.76. The second-order valence-electron chi connectivity index (χ2n) is 14.5. The Labute approximate surface area is 326 Å². The van der Waals surface area contributed by atoms with Crippen molar-refractivity contribution >= 4 is 65.9 Å². The lowest BCUT2D eigenvalue weighted by Crippen LogP contribution is -1.95. The van der Waals surface area contributed by atoms with Crippen molar-refractivity contribution in [2.24, 2.45) is 0 Å². The third-order valence-electron chi connectivity index (χ3n) is 11.1. The van der Waals surface area contributed by atoms with Crippen LogP contribution in [0.5, 0.6) is 0 Å². The standard InChI is InChI=1S/C52H30N2O3/c1-2-11-31(12-3-1)32-23-25-33(26-24-32)34-13-8-14-35(29-34)36-27-28-44-41(30-36)50-51(57-44)49(39-17-9-21-45-47(39)37-15-4-6-19-42(37)55-45)53-52(54-50)40-18-10-22-46-48(40)38-16-5-7-20-43(38)56-46/h1-30H. The SMILES string of the molecule is c1ccc(-c2ccc(-c3cccc(-c4ccc5oc6c(-c7cccc8oc9ccccc9c78)nc(-c7cccc8oc9ccccc9c78)nc6c5c4)c3)cc2)cc1. The molecule has 0 aliphatic carbocycles. The molecule has 0 saturated carbocycles. The van der Waals surface area contributed by atoms with Gasteiger partial charge in [0, 0.05) is 38.1 Å². The van der Waals surface area contributed by atoms with Crippen molar-refractivity contribution in [3.8, 4) is 56.0 Å². The van der Waals surface area contributed by atoms with E-state index in [-0.39, 0.29) is 0 Å². The molecule has 266 valence electrons. The van der Waals surface area contributed by atoms with E-state index in [0.29, 0.717) is 17.1 Å². The number of benzene rings is 8. The molecule has 0 N–H and O–H groups in total. The first kappa shape index (κ1) is 31.6. The topological polar surface area (TPSA) is 65.2 Å². The molecule has 0 aliphatic rings. The fourth-order valence-electron chi connectivity index (χ4n) is 8.42. The van der Waals surface area contributed by atoms with Crippen molar-refractivity contribution in [2.75, 3.05) is 0 Å². The average molecular weight is 731 g/mol. The van der Waals surface area contributed by atoms with Crippen LogP contribution in [0.25, 0.3) is 122 Å². The summed E-state index contributed by atoms with van der Waals surface area (Å²) in [5.41, 5.74) is 14.7. The van der Waals surface area contributed by atoms with E-state index in [9.17, 15) is 0 Å². The highest BCUT2D eigenvalue weighted by molar-refractivity contribution is 6.17. The summed E-state index contributed by atoms with van der Waals surface area (Å²) in [5.74, 6) is 0.591. The Morgan fingerprint density at radius 2 is 0.807 bits per heavy atom. The number of fused-ring (bicyclic) bond motifs is 9. The maximum Gasteiger partial charge on any atom is 0.180 e. The summed E-state index contributed by atoms with van der Waals surface area (Å²) in [6.07, 6.45) is 0. The number of rotatable bonds is 5. The molecule has 4 heterocycles. The van der Waals surface area contributed by atoms with Crippen LogP contribution in [0.1, 0.15) is 0 Å². The summed E-state index contributed by atoms with van der Waals surface area (Å²) < 4.78 is 19.4. The van der Waals surface area contributed by atoms with Gasteiger partial charge in [0.25, 0.3) is 0 Å². The van der Waals surface area contributed by atoms with Crippen molar-refractivity contribution in [1.29, 1.82) is 0 Å². The maximum absolute atomic E-state index is 6.77. The third kappa shape index (κ3) is 5.03. The molecule has 0 spiro atoms. The smallest absolute Gasteiger partial charge is 0.180 e. The monoisotopic (exact) mass is 730 g/mol. The van der Waals surface area contributed by atoms with E-state index in [0.717, 1.165) is 93.7 Å². The number of para-hydroxylation sites is 2. The molecule has 5 nitrogen and oxygen atoms in total. The van der Waals surface area contributed by atoms with Crippen LogP contribution in [-0.4, -0.2) is 9.97 Å². The molecule has 0 aliphatic heterocycles. The molecule has 0 bridgehead atoms. The van der Waals surface area contributed by atoms with Crippen LogP contribution in [0.15, 0.2) is 195 Å². The first-order valence-corrected chi connectivity index (χ1v) is 19.1. The molecule has 12 rings (SSSR count). The first-order valence-electron chi connectivity index (χ1n) is 19.1. The van der Waals surface area contributed by atoms with Crippen LogP contribution in [0.4, 0.5) is 0 Å². The van der Waals surface area contributed by atoms with Crippen molar-refractivity contribution in [3.05, 3.63) is 182 Å². The van der Waals surface area contributed by atoms with Crippen molar-refractivity contribution < 1.29 is 13.3 Å². The molecule has 0 amide bonds. The van der Waals surface area contributed by atoms with Gasteiger partial charge in [0.15, 0.2) is 11.4 Å². The van der Waals surface area contributed by atoms with E-state index >= 15 is 0 Å². The Bertz CT molecular complexity index is 3520. The van der Waals surface area contributed by atoms with Gasteiger partial charge in [-0.25, -0.2) is 9.97 Å². The molecule has 0 radical (unpaired) electrons. The predicted octanol–water partition coefficient (Wildman–Crippen LogP) is 14.5. The highest BCUT2D eigenvalue weighted by Crippen LogP contribution is 2.43. The fourth-order valence-corrected chi connectivity index (χ4v) is 8.42. The Morgan fingerprint density at radius 1 is 0.316 bits per heavy atom. The largest absolute Gasteiger partial charge is 0.456 e. The van der Waals surface area contributed by atoms with Gasteiger partial charge in [0.1, 0.15) is 39.1 Å². The van der Waals surface area contributed by atoms with Gasteiger partial charge >= 0.3 is 0 Å². The van der Waals surface area contributed by atoms with Gasteiger partial charge in [0.05, 0.1) is 0 Å². The van der Waals surface area contributed by atoms with Gasteiger partial charge in [-0.05, 0) is 75.8 Å². The summed E-state index contributed by atoms with van der Waals surface area (Å²) in [6.45, 7) is 0. The number of nitrogens with zero attached hydrogens (tertiary/aromatic N) is 2. The van der Waals surface area contributed by atoms with Gasteiger partial charge in [-0.15, -0.1) is 0 Å². The molecule has 57 heavy (non-hydrogen) atoms. The summed E-state index contributed by atoms with van der Waals surface area (Å²) in [4.78, 5) is 10.7. The van der Waals surface area contributed by atoms with Gasteiger partial charge in [-0.1, -0.05) is 140 Å². The Kier molecular flexibility index (Phi) is 6.86. The molecule has 8 aromatic carbocycles. The summed E-state index contributed by atoms with van der Waals surface area (Å²) in [7, 11) is 0. The minimum absolute atomic E-state index is 0.591. The quantitative estimate of drug-likeness (QED) is 0.176. The molecule has 0 saturated heterocycles. The van der Waals surface area contributed by atoms with Gasteiger partial charge in [-0.3, -0.25) is 0 Å². The summed E-state index contributed by atoms with van der Waals surface area (Å²) >= 11 is 0. The Morgan fingerprint density at radius 3 is 1.53 bits per heavy atom. The lowest BCUT2D eigenvalue weighted by Gasteiger charge is -2.09. The van der Waals surface area contributed by atoms with E-state index < -0.39 is 0 Å². The van der Waals surface area contributed by atoms with Gasteiger partial charge in [-0.2, -0.15) is 0 Å². The van der Waals surface area contributed by atoms with Gasteiger partial charge in [0.2, 0.25) is 0 Å². The number of hydrogen-bond donors (Lipinski definition) is 0. The second kappa shape index (κ2) is 12.4. The molecule has 4 aromatic heterocycles. The molecule has 0 atom stereocenters. The van der Waals surface area contributed by atoms with Crippen LogP contribution < -0.4 is 0 Å². The number of aromatic nitrogens is 2. The average Bonchev–Trinajstić information content (AvgIpc) is 3.98. The van der Waals surface area contributed by atoms with Crippen LogP contribution in [-0.2, 0) is 0 Å². The maximum atomic E-state index is 6.77. The van der Waals surface area contributed by atoms with Gasteiger partial charge < -0.3 is 13.3 Å². The number of furan rings is 3. The minimum Gasteiger partial charge on any atom is -0.456 e. The predicted molar refractivity (Wildman–Crippen MR) is 231 cm³/mol. The Balaban J connectivity index is 1.07. The van der Waals surface area contributed by atoms with E-state index in [1.165, 1.54) is 11.1 Å². The lowest BCUT2D eigenvalue weighted by molar-refractivity contribution is 0.667. The second-order valence-corrected chi connectivity index (χ2v) is 14.5. The first-order chi connectivity index (χ1) is 28.2. The van der Waals surface area contributed by atoms with E-state index in [4.69, 9.17) is 23.2 Å². The molecule has 0 fully saturated rings. The third-order valence-corrected chi connectivity index (χ3v) is 11.1. The molecule has 0 unspecified atom stereocenters. The lowest BCUT2D eigenvalue weighted by atomic mass is 9.96. The van der Waals surface area contributed by atoms with E-state index in [1.807, 2.05) is 66.7 Å². The van der Waals surface area contributed by atoms with E-state index in [2.05, 4.69) is 115 Å². The number of hydrogen-bond acceptors (Lipinski definition) is 5. The highest BCUT2D eigenvalue weighted by Gasteiger charge is 2.23. The zero-order valence-electron chi connectivity index (χ0n) is 30.4. The van der Waals surface area contributed by atoms with Crippen LogP contribution in [0.2, 0.25) is 0 Å². The van der Waals surface area contributed by atoms with Crippen LogP contribution in [0, 0.1) is 0 Å². The van der Waals surface area contributed by atoms with Crippen molar-refractivity contribution in [2.45, 2.75) is 0 Å². The molecular formula is C52H30N2O3. The van der Waals surface area contributed by atoms with Crippen molar-refractivity contribution in [3.63, 3.8) is 0 Å².